The van der Waals surface area contributed by atoms with Crippen molar-refractivity contribution in [3.05, 3.63) is 71.8 Å². The van der Waals surface area contributed by atoms with Crippen LogP contribution in [0.25, 0.3) is 0 Å². The van der Waals surface area contributed by atoms with Crippen molar-refractivity contribution in [3.8, 4) is 11.5 Å². The van der Waals surface area contributed by atoms with E-state index in [1.54, 1.807) is 6.08 Å². The molecule has 0 saturated carbocycles. The molecule has 102 valence electrons. The predicted octanol–water partition coefficient (Wildman–Crippen LogP) is 4.65. The normalized spacial score (nSPS) is 15.9. The van der Waals surface area contributed by atoms with Gasteiger partial charge < -0.3 is 9.47 Å². The molecule has 0 fully saturated rings. The Morgan fingerprint density at radius 3 is 2.75 bits per heavy atom. The topological polar surface area (TPSA) is 18.5 Å². The Hall–Kier alpha value is -2.06. The molecule has 0 saturated heterocycles. The Morgan fingerprint density at radius 2 is 1.95 bits per heavy atom. The molecule has 1 aliphatic heterocycles. The maximum Gasteiger partial charge on any atom is 0.133 e. The zero-order valence-corrected chi connectivity index (χ0v) is 11.6. The van der Waals surface area contributed by atoms with Gasteiger partial charge in [0.1, 0.15) is 17.6 Å². The maximum atomic E-state index is 5.99. The van der Waals surface area contributed by atoms with Gasteiger partial charge in [0.15, 0.2) is 0 Å². The van der Waals surface area contributed by atoms with Crippen molar-refractivity contribution in [1.29, 1.82) is 0 Å². The van der Waals surface area contributed by atoms with Crippen molar-refractivity contribution >= 4 is 0 Å². The van der Waals surface area contributed by atoms with E-state index in [9.17, 15) is 0 Å². The quantitative estimate of drug-likeness (QED) is 0.750. The van der Waals surface area contributed by atoms with Crippen LogP contribution >= 0.6 is 0 Å². The van der Waals surface area contributed by atoms with Crippen molar-refractivity contribution in [2.45, 2.75) is 19.4 Å². The van der Waals surface area contributed by atoms with Crippen LogP contribution in [0.4, 0.5) is 0 Å². The van der Waals surface area contributed by atoms with Gasteiger partial charge in [0, 0.05) is 11.1 Å². The molecule has 0 aliphatic carbocycles. The molecule has 1 unspecified atom stereocenters. The van der Waals surface area contributed by atoms with Crippen molar-refractivity contribution < 1.29 is 9.47 Å². The van der Waals surface area contributed by atoms with Gasteiger partial charge in [0.25, 0.3) is 0 Å². The fourth-order valence-electron chi connectivity index (χ4n) is 2.54. The van der Waals surface area contributed by atoms with Crippen LogP contribution in [0.3, 0.4) is 0 Å². The SMILES string of the molecule is C=CCOC1c2ccccc2Oc2ccc(CC)cc21. The predicted molar refractivity (Wildman–Crippen MR) is 80.3 cm³/mol. The van der Waals surface area contributed by atoms with Gasteiger partial charge in [-0.15, -0.1) is 6.58 Å². The van der Waals surface area contributed by atoms with Gasteiger partial charge in [0.2, 0.25) is 0 Å². The summed E-state index contributed by atoms with van der Waals surface area (Å²) in [5.41, 5.74) is 3.47. The summed E-state index contributed by atoms with van der Waals surface area (Å²) in [4.78, 5) is 0. The first-order chi connectivity index (χ1) is 9.83. The molecule has 2 aromatic rings. The molecule has 2 heteroatoms. The van der Waals surface area contributed by atoms with Crippen LogP contribution in [0.5, 0.6) is 11.5 Å². The summed E-state index contributed by atoms with van der Waals surface area (Å²) in [5, 5.41) is 0. The standard InChI is InChI=1S/C18H18O2/c1-3-11-19-18-14-7-5-6-8-16(14)20-17-10-9-13(4-2)12-15(17)18/h3,5-10,12,18H,1,4,11H2,2H3. The van der Waals surface area contributed by atoms with Crippen LogP contribution in [-0.2, 0) is 11.2 Å². The third-order valence-corrected chi connectivity index (χ3v) is 3.57. The largest absolute Gasteiger partial charge is 0.457 e. The molecule has 0 N–H and O–H groups in total. The molecule has 20 heavy (non-hydrogen) atoms. The van der Waals surface area contributed by atoms with Crippen LogP contribution in [0.2, 0.25) is 0 Å². The Kier molecular flexibility index (Phi) is 3.57. The first-order valence-corrected chi connectivity index (χ1v) is 6.95. The van der Waals surface area contributed by atoms with Crippen LogP contribution < -0.4 is 4.74 Å². The summed E-state index contributed by atoms with van der Waals surface area (Å²) in [6, 6.07) is 14.4. The van der Waals surface area contributed by atoms with Crippen molar-refractivity contribution in [3.63, 3.8) is 0 Å². The molecule has 1 atom stereocenters. The molecule has 0 aromatic heterocycles. The fourth-order valence-corrected chi connectivity index (χ4v) is 2.54. The molecule has 0 radical (unpaired) electrons. The van der Waals surface area contributed by atoms with E-state index in [-0.39, 0.29) is 6.10 Å². The van der Waals surface area contributed by atoms with E-state index >= 15 is 0 Å². The van der Waals surface area contributed by atoms with Crippen LogP contribution in [0, 0.1) is 0 Å². The number of hydrogen-bond acceptors (Lipinski definition) is 2. The number of ether oxygens (including phenoxy) is 2. The minimum atomic E-state index is -0.0838. The van der Waals surface area contributed by atoms with Crippen molar-refractivity contribution in [1.82, 2.24) is 0 Å². The maximum absolute atomic E-state index is 5.99. The smallest absolute Gasteiger partial charge is 0.133 e. The zero-order chi connectivity index (χ0) is 13.9. The second-order valence-corrected chi connectivity index (χ2v) is 4.87. The van der Waals surface area contributed by atoms with E-state index in [1.807, 2.05) is 24.3 Å². The van der Waals surface area contributed by atoms with Gasteiger partial charge in [-0.1, -0.05) is 37.3 Å². The molecule has 1 aliphatic rings. The zero-order valence-electron chi connectivity index (χ0n) is 11.6. The summed E-state index contributed by atoms with van der Waals surface area (Å²) < 4.78 is 12.0. The summed E-state index contributed by atoms with van der Waals surface area (Å²) in [7, 11) is 0. The van der Waals surface area contributed by atoms with Gasteiger partial charge in [-0.25, -0.2) is 0 Å². The van der Waals surface area contributed by atoms with Gasteiger partial charge in [-0.3, -0.25) is 0 Å². The van der Waals surface area contributed by atoms with Crippen LogP contribution in [-0.4, -0.2) is 6.61 Å². The molecule has 1 heterocycles. The van der Waals surface area contributed by atoms with Gasteiger partial charge >= 0.3 is 0 Å². The lowest BCUT2D eigenvalue weighted by molar-refractivity contribution is 0.0961. The molecule has 3 rings (SSSR count). The van der Waals surface area contributed by atoms with Gasteiger partial charge in [-0.05, 0) is 30.2 Å². The number of benzene rings is 2. The van der Waals surface area contributed by atoms with E-state index in [1.165, 1.54) is 5.56 Å². The third-order valence-electron chi connectivity index (χ3n) is 3.57. The summed E-state index contributed by atoms with van der Waals surface area (Å²) in [6.07, 6.45) is 2.70. The van der Waals surface area contributed by atoms with Crippen molar-refractivity contribution in [2.24, 2.45) is 0 Å². The van der Waals surface area contributed by atoms with Crippen molar-refractivity contribution in [2.75, 3.05) is 6.61 Å². The third kappa shape index (κ3) is 2.23. The average molecular weight is 266 g/mol. The molecule has 0 amide bonds. The van der Waals surface area contributed by atoms with E-state index in [4.69, 9.17) is 9.47 Å². The second kappa shape index (κ2) is 5.51. The monoisotopic (exact) mass is 266 g/mol. The lowest BCUT2D eigenvalue weighted by atomic mass is 9.95. The lowest BCUT2D eigenvalue weighted by Crippen LogP contribution is -2.13. The Bertz CT molecular complexity index is 631. The molecule has 0 bridgehead atoms. The Morgan fingerprint density at radius 1 is 1.15 bits per heavy atom. The Labute approximate surface area is 119 Å². The summed E-state index contributed by atoms with van der Waals surface area (Å²) in [6.45, 7) is 6.41. The number of fused-ring (bicyclic) bond motifs is 2. The number of rotatable bonds is 4. The molecule has 2 nitrogen and oxygen atoms in total. The number of para-hydroxylation sites is 1. The van der Waals surface area contributed by atoms with E-state index in [0.717, 1.165) is 29.0 Å². The Balaban J connectivity index is 2.08. The average Bonchev–Trinajstić information content (AvgIpc) is 2.51. The van der Waals surface area contributed by atoms with E-state index in [0.29, 0.717) is 6.61 Å². The van der Waals surface area contributed by atoms with Gasteiger partial charge in [0.05, 0.1) is 6.61 Å². The molecule has 0 spiro atoms. The first kappa shape index (κ1) is 12.9. The summed E-state index contributed by atoms with van der Waals surface area (Å²) >= 11 is 0. The fraction of sp³-hybridized carbons (Fsp3) is 0.222. The van der Waals surface area contributed by atoms with Crippen LogP contribution in [0.15, 0.2) is 55.1 Å². The van der Waals surface area contributed by atoms with Gasteiger partial charge in [-0.2, -0.15) is 0 Å². The summed E-state index contributed by atoms with van der Waals surface area (Å²) in [5.74, 6) is 1.76. The van der Waals surface area contributed by atoms with E-state index < -0.39 is 0 Å². The number of aryl methyl sites for hydroxylation is 1. The highest BCUT2D eigenvalue weighted by Crippen LogP contribution is 2.44. The highest BCUT2D eigenvalue weighted by atomic mass is 16.5. The molecular formula is C18H18O2. The lowest BCUT2D eigenvalue weighted by Gasteiger charge is -2.28. The first-order valence-electron chi connectivity index (χ1n) is 6.95. The van der Waals surface area contributed by atoms with E-state index in [2.05, 4.69) is 31.7 Å². The second-order valence-electron chi connectivity index (χ2n) is 4.87. The minimum Gasteiger partial charge on any atom is -0.457 e. The number of hydrogen-bond donors (Lipinski definition) is 0. The molecule has 2 aromatic carbocycles. The highest BCUT2D eigenvalue weighted by molar-refractivity contribution is 5.53. The molecular weight excluding hydrogens is 248 g/mol. The minimum absolute atomic E-state index is 0.0838. The highest BCUT2D eigenvalue weighted by Gasteiger charge is 2.27. The van der Waals surface area contributed by atoms with Crippen LogP contribution in [0.1, 0.15) is 29.7 Å².